The van der Waals surface area contributed by atoms with E-state index in [0.717, 1.165) is 11.4 Å². The maximum atomic E-state index is 5.76. The van der Waals surface area contributed by atoms with Crippen LogP contribution in [0.1, 0.15) is 12.5 Å². The van der Waals surface area contributed by atoms with Crippen LogP contribution in [0.15, 0.2) is 24.3 Å². The zero-order valence-electron chi connectivity index (χ0n) is 6.96. The number of epoxide rings is 1. The van der Waals surface area contributed by atoms with Gasteiger partial charge in [-0.1, -0.05) is 23.7 Å². The number of benzene rings is 1. The van der Waals surface area contributed by atoms with Crippen molar-refractivity contribution >= 4 is 11.6 Å². The molecule has 1 aliphatic rings. The number of rotatable bonds is 2. The summed E-state index contributed by atoms with van der Waals surface area (Å²) in [6.07, 6.45) is 1.89. The minimum Gasteiger partial charge on any atom is -0.370 e. The Morgan fingerprint density at radius 2 is 1.92 bits per heavy atom. The Bertz CT molecular complexity index is 268. The van der Waals surface area contributed by atoms with Crippen LogP contribution in [0.5, 0.6) is 0 Å². The lowest BCUT2D eigenvalue weighted by molar-refractivity contribution is 0.378. The van der Waals surface area contributed by atoms with Crippen LogP contribution < -0.4 is 0 Å². The van der Waals surface area contributed by atoms with Gasteiger partial charge in [-0.3, -0.25) is 0 Å². The van der Waals surface area contributed by atoms with E-state index in [4.69, 9.17) is 16.3 Å². The van der Waals surface area contributed by atoms with Crippen molar-refractivity contribution in [2.75, 3.05) is 0 Å². The van der Waals surface area contributed by atoms with Crippen LogP contribution in [-0.2, 0) is 11.2 Å². The summed E-state index contributed by atoms with van der Waals surface area (Å²) in [6.45, 7) is 2.10. The first kappa shape index (κ1) is 8.09. The molecule has 0 saturated carbocycles. The molecule has 0 N–H and O–H groups in total. The summed E-state index contributed by atoms with van der Waals surface area (Å²) in [5.41, 5.74) is 1.30. The van der Waals surface area contributed by atoms with Gasteiger partial charge in [-0.2, -0.15) is 0 Å². The lowest BCUT2D eigenvalue weighted by atomic mass is 10.1. The second-order valence-electron chi connectivity index (χ2n) is 3.21. The first-order valence-corrected chi connectivity index (χ1v) is 4.53. The van der Waals surface area contributed by atoms with E-state index in [1.807, 2.05) is 12.1 Å². The Kier molecular flexibility index (Phi) is 2.07. The molecule has 12 heavy (non-hydrogen) atoms. The van der Waals surface area contributed by atoms with Crippen molar-refractivity contribution in [1.82, 2.24) is 0 Å². The minimum atomic E-state index is 0.436. The second-order valence-corrected chi connectivity index (χ2v) is 3.65. The first-order valence-electron chi connectivity index (χ1n) is 4.15. The summed E-state index contributed by atoms with van der Waals surface area (Å²) >= 11 is 5.76. The van der Waals surface area contributed by atoms with E-state index in [9.17, 15) is 0 Å². The van der Waals surface area contributed by atoms with E-state index in [1.54, 1.807) is 0 Å². The molecule has 0 aromatic heterocycles. The van der Waals surface area contributed by atoms with Gasteiger partial charge in [0.1, 0.15) is 0 Å². The van der Waals surface area contributed by atoms with E-state index in [-0.39, 0.29) is 0 Å². The lowest BCUT2D eigenvalue weighted by Crippen LogP contribution is -1.95. The van der Waals surface area contributed by atoms with E-state index in [0.29, 0.717) is 12.2 Å². The summed E-state index contributed by atoms with van der Waals surface area (Å²) in [5.74, 6) is 0. The molecule has 2 atom stereocenters. The highest BCUT2D eigenvalue weighted by Crippen LogP contribution is 2.25. The van der Waals surface area contributed by atoms with Crippen LogP contribution in [0.4, 0.5) is 0 Å². The third-order valence-corrected chi connectivity index (χ3v) is 2.44. The number of ether oxygens (including phenoxy) is 1. The molecule has 1 aromatic carbocycles. The third-order valence-electron chi connectivity index (χ3n) is 2.19. The maximum absolute atomic E-state index is 5.76. The average molecular weight is 183 g/mol. The summed E-state index contributed by atoms with van der Waals surface area (Å²) in [4.78, 5) is 0. The van der Waals surface area contributed by atoms with Crippen molar-refractivity contribution in [1.29, 1.82) is 0 Å². The fraction of sp³-hybridized carbons (Fsp3) is 0.400. The van der Waals surface area contributed by atoms with Crippen LogP contribution in [-0.4, -0.2) is 12.2 Å². The molecule has 0 radical (unpaired) electrons. The topological polar surface area (TPSA) is 12.5 Å². The molecule has 2 rings (SSSR count). The predicted molar refractivity (Wildman–Crippen MR) is 49.5 cm³/mol. The van der Waals surface area contributed by atoms with Crippen molar-refractivity contribution in [3.05, 3.63) is 34.9 Å². The van der Waals surface area contributed by atoms with Gasteiger partial charge in [0, 0.05) is 11.4 Å². The molecular formula is C10H11ClO. The predicted octanol–water partition coefficient (Wildman–Crippen LogP) is 2.67. The van der Waals surface area contributed by atoms with Crippen molar-refractivity contribution in [3.8, 4) is 0 Å². The van der Waals surface area contributed by atoms with E-state index in [1.165, 1.54) is 5.56 Å². The van der Waals surface area contributed by atoms with Gasteiger partial charge < -0.3 is 4.74 Å². The summed E-state index contributed by atoms with van der Waals surface area (Å²) in [7, 11) is 0. The van der Waals surface area contributed by atoms with Crippen LogP contribution in [0, 0.1) is 0 Å². The highest BCUT2D eigenvalue weighted by Gasteiger charge is 2.33. The Morgan fingerprint density at radius 3 is 2.42 bits per heavy atom. The fourth-order valence-corrected chi connectivity index (χ4v) is 1.42. The lowest BCUT2D eigenvalue weighted by Gasteiger charge is -1.96. The summed E-state index contributed by atoms with van der Waals surface area (Å²) in [5, 5.41) is 0.795. The highest BCUT2D eigenvalue weighted by molar-refractivity contribution is 6.30. The van der Waals surface area contributed by atoms with Crippen LogP contribution >= 0.6 is 11.6 Å². The number of halogens is 1. The molecule has 1 heterocycles. The molecule has 1 nitrogen and oxygen atoms in total. The molecule has 1 aromatic rings. The molecule has 1 saturated heterocycles. The standard InChI is InChI=1S/C10H11ClO/c1-7-10(12-7)6-8-2-4-9(11)5-3-8/h2-5,7,10H,6H2,1H3/t7?,10-/m0/s1. The van der Waals surface area contributed by atoms with E-state index >= 15 is 0 Å². The zero-order valence-corrected chi connectivity index (χ0v) is 7.71. The van der Waals surface area contributed by atoms with Crippen LogP contribution in [0.2, 0.25) is 5.02 Å². The molecule has 1 aliphatic heterocycles. The van der Waals surface area contributed by atoms with Gasteiger partial charge in [-0.05, 0) is 24.6 Å². The fourth-order valence-electron chi connectivity index (χ4n) is 1.30. The molecule has 1 fully saturated rings. The van der Waals surface area contributed by atoms with Crippen LogP contribution in [0.3, 0.4) is 0 Å². The van der Waals surface area contributed by atoms with Crippen molar-refractivity contribution in [3.63, 3.8) is 0 Å². The van der Waals surface area contributed by atoms with Gasteiger partial charge in [0.05, 0.1) is 12.2 Å². The van der Waals surface area contributed by atoms with Gasteiger partial charge in [-0.25, -0.2) is 0 Å². The Hall–Kier alpha value is -0.530. The average Bonchev–Trinajstić information content (AvgIpc) is 2.72. The minimum absolute atomic E-state index is 0.436. The van der Waals surface area contributed by atoms with Crippen LogP contribution in [0.25, 0.3) is 0 Å². The number of hydrogen-bond acceptors (Lipinski definition) is 1. The molecule has 0 aliphatic carbocycles. The second kappa shape index (κ2) is 3.08. The quantitative estimate of drug-likeness (QED) is 0.641. The monoisotopic (exact) mass is 182 g/mol. The largest absolute Gasteiger partial charge is 0.370 e. The molecule has 0 spiro atoms. The van der Waals surface area contributed by atoms with E-state index < -0.39 is 0 Å². The third kappa shape index (κ3) is 1.79. The summed E-state index contributed by atoms with van der Waals surface area (Å²) < 4.78 is 5.32. The normalized spacial score (nSPS) is 27.2. The van der Waals surface area contributed by atoms with Gasteiger partial charge in [-0.15, -0.1) is 0 Å². The molecule has 0 amide bonds. The molecule has 2 heteroatoms. The van der Waals surface area contributed by atoms with E-state index in [2.05, 4.69) is 19.1 Å². The molecule has 64 valence electrons. The van der Waals surface area contributed by atoms with Gasteiger partial charge in [0.15, 0.2) is 0 Å². The SMILES string of the molecule is CC1O[C@H]1Cc1ccc(Cl)cc1. The smallest absolute Gasteiger partial charge is 0.0879 e. The van der Waals surface area contributed by atoms with Gasteiger partial charge in [0.25, 0.3) is 0 Å². The first-order chi connectivity index (χ1) is 5.75. The zero-order chi connectivity index (χ0) is 8.55. The number of hydrogen-bond donors (Lipinski definition) is 0. The maximum Gasteiger partial charge on any atom is 0.0879 e. The van der Waals surface area contributed by atoms with Crippen molar-refractivity contribution in [2.45, 2.75) is 25.6 Å². The van der Waals surface area contributed by atoms with Gasteiger partial charge in [0.2, 0.25) is 0 Å². The molecule has 0 bridgehead atoms. The highest BCUT2D eigenvalue weighted by atomic mass is 35.5. The molecular weight excluding hydrogens is 172 g/mol. The van der Waals surface area contributed by atoms with Crippen molar-refractivity contribution in [2.24, 2.45) is 0 Å². The molecule has 1 unspecified atom stereocenters. The van der Waals surface area contributed by atoms with Crippen molar-refractivity contribution < 1.29 is 4.74 Å². The summed E-state index contributed by atoms with van der Waals surface area (Å²) in [6, 6.07) is 7.95. The Balaban J connectivity index is 2.00. The van der Waals surface area contributed by atoms with Gasteiger partial charge >= 0.3 is 0 Å². The Morgan fingerprint density at radius 1 is 1.33 bits per heavy atom. The Labute approximate surface area is 77.3 Å².